The zero-order valence-electron chi connectivity index (χ0n) is 7.49. The number of carbonyl (C=O) groups is 1. The Morgan fingerprint density at radius 3 is 2.00 bits per heavy atom. The van der Waals surface area contributed by atoms with Gasteiger partial charge in [-0.2, -0.15) is 0 Å². The van der Waals surface area contributed by atoms with Crippen molar-refractivity contribution in [1.82, 2.24) is 0 Å². The van der Waals surface area contributed by atoms with Crippen LogP contribution in [-0.4, -0.2) is 42.5 Å². The van der Waals surface area contributed by atoms with Gasteiger partial charge in [0, 0.05) is 6.04 Å². The molecular weight excluding hydrogens is 162 g/mol. The van der Waals surface area contributed by atoms with Crippen molar-refractivity contribution in [2.75, 3.05) is 20.3 Å². The summed E-state index contributed by atoms with van der Waals surface area (Å²) in [5.41, 5.74) is 5.27. The van der Waals surface area contributed by atoms with Crippen molar-refractivity contribution in [3.63, 3.8) is 0 Å². The molecule has 0 aliphatic rings. The van der Waals surface area contributed by atoms with Crippen LogP contribution in [0.25, 0.3) is 0 Å². The van der Waals surface area contributed by atoms with Crippen molar-refractivity contribution in [1.29, 1.82) is 0 Å². The van der Waals surface area contributed by atoms with Crippen LogP contribution in [-0.2, 0) is 9.53 Å². The molecule has 0 aromatic rings. The van der Waals surface area contributed by atoms with E-state index in [0.29, 0.717) is 6.42 Å². The number of carbonyl (C=O) groups excluding carboxylic acids is 1. The maximum absolute atomic E-state index is 10.3. The average Bonchev–Trinajstić information content (AvgIpc) is 2.04. The Hall–Kier alpha value is -0.650. The van der Waals surface area contributed by atoms with Gasteiger partial charge in [-0.05, 0) is 6.92 Å². The lowest BCUT2D eigenvalue weighted by molar-refractivity contribution is -0.140. The summed E-state index contributed by atoms with van der Waals surface area (Å²) in [6.07, 6.45) is 0.302. The molecule has 1 atom stereocenters. The van der Waals surface area contributed by atoms with Crippen LogP contribution in [0.5, 0.6) is 0 Å². The molecule has 0 amide bonds. The van der Waals surface area contributed by atoms with Crippen LogP contribution >= 0.6 is 0 Å². The van der Waals surface area contributed by atoms with Gasteiger partial charge in [0.25, 0.3) is 0 Å². The molecule has 0 aromatic carbocycles. The summed E-state index contributed by atoms with van der Waals surface area (Å²) in [5.74, 6) is -0.250. The van der Waals surface area contributed by atoms with E-state index in [9.17, 15) is 4.79 Å². The summed E-state index contributed by atoms with van der Waals surface area (Å²) >= 11 is 0. The van der Waals surface area contributed by atoms with Gasteiger partial charge in [0.1, 0.15) is 0 Å². The minimum Gasteiger partial charge on any atom is -0.469 e. The van der Waals surface area contributed by atoms with Gasteiger partial charge in [-0.15, -0.1) is 0 Å². The zero-order valence-corrected chi connectivity index (χ0v) is 7.49. The largest absolute Gasteiger partial charge is 0.469 e. The van der Waals surface area contributed by atoms with Crippen LogP contribution in [0, 0.1) is 0 Å². The summed E-state index contributed by atoms with van der Waals surface area (Å²) < 4.78 is 4.34. The van der Waals surface area contributed by atoms with Crippen molar-refractivity contribution in [2.24, 2.45) is 5.73 Å². The van der Waals surface area contributed by atoms with E-state index in [1.165, 1.54) is 7.11 Å². The molecular formula is C7H17NO4. The van der Waals surface area contributed by atoms with Gasteiger partial charge in [0.2, 0.25) is 0 Å². The highest BCUT2D eigenvalue weighted by atomic mass is 16.5. The van der Waals surface area contributed by atoms with Gasteiger partial charge in [-0.1, -0.05) is 0 Å². The molecule has 0 spiro atoms. The van der Waals surface area contributed by atoms with Gasteiger partial charge in [-0.25, -0.2) is 0 Å². The number of aliphatic hydroxyl groups is 2. The second-order valence-corrected chi connectivity index (χ2v) is 2.20. The highest BCUT2D eigenvalue weighted by molar-refractivity contribution is 5.69. The van der Waals surface area contributed by atoms with E-state index in [1.807, 2.05) is 0 Å². The first-order chi connectivity index (χ1) is 5.58. The van der Waals surface area contributed by atoms with Crippen molar-refractivity contribution in [2.45, 2.75) is 19.4 Å². The van der Waals surface area contributed by atoms with E-state index in [2.05, 4.69) is 4.74 Å². The molecule has 0 saturated heterocycles. The van der Waals surface area contributed by atoms with E-state index in [-0.39, 0.29) is 25.2 Å². The highest BCUT2D eigenvalue weighted by Gasteiger charge is 2.01. The van der Waals surface area contributed by atoms with Gasteiger partial charge in [0.15, 0.2) is 0 Å². The van der Waals surface area contributed by atoms with Crippen LogP contribution in [0.4, 0.5) is 0 Å². The monoisotopic (exact) mass is 179 g/mol. The van der Waals surface area contributed by atoms with Crippen LogP contribution in [0.15, 0.2) is 0 Å². The minimum atomic E-state index is -0.250. The summed E-state index contributed by atoms with van der Waals surface area (Å²) in [6.45, 7) is 1.51. The molecule has 5 heteroatoms. The fourth-order valence-corrected chi connectivity index (χ4v) is 0.346. The van der Waals surface area contributed by atoms with E-state index < -0.39 is 0 Å². The molecule has 74 valence electrons. The van der Waals surface area contributed by atoms with E-state index in [0.717, 1.165) is 0 Å². The second kappa shape index (κ2) is 10.3. The van der Waals surface area contributed by atoms with E-state index >= 15 is 0 Å². The smallest absolute Gasteiger partial charge is 0.307 e. The molecule has 0 bridgehead atoms. The summed E-state index contributed by atoms with van der Waals surface area (Å²) in [5, 5.41) is 15.2. The Morgan fingerprint density at radius 1 is 1.50 bits per heavy atom. The topological polar surface area (TPSA) is 92.8 Å². The fraction of sp³-hybridized carbons (Fsp3) is 0.857. The zero-order chi connectivity index (χ0) is 9.98. The van der Waals surface area contributed by atoms with Crippen LogP contribution in [0.1, 0.15) is 13.3 Å². The van der Waals surface area contributed by atoms with Crippen LogP contribution < -0.4 is 5.73 Å². The molecule has 0 fully saturated rings. The van der Waals surface area contributed by atoms with Gasteiger partial charge < -0.3 is 20.7 Å². The number of hydrogen-bond acceptors (Lipinski definition) is 5. The number of methoxy groups -OCH3 is 1. The summed E-state index contributed by atoms with van der Waals surface area (Å²) in [4.78, 5) is 10.3. The lowest BCUT2D eigenvalue weighted by Gasteiger charge is -2.00. The molecule has 12 heavy (non-hydrogen) atoms. The Kier molecular flexibility index (Phi) is 12.0. The number of aliphatic hydroxyl groups excluding tert-OH is 2. The first kappa shape index (κ1) is 13.9. The minimum absolute atomic E-state index is 0.0950. The molecule has 0 aromatic heterocycles. The van der Waals surface area contributed by atoms with Gasteiger partial charge in [0.05, 0.1) is 26.7 Å². The third-order valence-electron chi connectivity index (χ3n) is 0.816. The second-order valence-electron chi connectivity index (χ2n) is 2.20. The molecule has 0 saturated carbocycles. The van der Waals surface area contributed by atoms with Gasteiger partial charge >= 0.3 is 5.97 Å². The molecule has 5 nitrogen and oxygen atoms in total. The van der Waals surface area contributed by atoms with Crippen LogP contribution in [0.3, 0.4) is 0 Å². The maximum atomic E-state index is 10.3. The summed E-state index contributed by atoms with van der Waals surface area (Å²) in [6, 6.07) is -0.0950. The predicted molar refractivity (Wildman–Crippen MR) is 44.5 cm³/mol. The van der Waals surface area contributed by atoms with Gasteiger partial charge in [-0.3, -0.25) is 4.79 Å². The van der Waals surface area contributed by atoms with E-state index in [4.69, 9.17) is 15.9 Å². The van der Waals surface area contributed by atoms with Crippen molar-refractivity contribution >= 4 is 5.97 Å². The Balaban J connectivity index is 0. The molecule has 0 aliphatic heterocycles. The highest BCUT2D eigenvalue weighted by Crippen LogP contribution is 1.86. The standard InChI is InChI=1S/C5H11NO2.C2H6O2/c1-4(6)3-5(7)8-2;3-1-2-4/h4H,3,6H2,1-2H3;3-4H,1-2H2. The third kappa shape index (κ3) is 16.2. The first-order valence-corrected chi connectivity index (χ1v) is 3.62. The Morgan fingerprint density at radius 2 is 1.92 bits per heavy atom. The van der Waals surface area contributed by atoms with Crippen molar-refractivity contribution in [3.8, 4) is 0 Å². The number of esters is 1. The molecule has 1 unspecified atom stereocenters. The average molecular weight is 179 g/mol. The number of nitrogens with two attached hydrogens (primary N) is 1. The Bertz CT molecular complexity index is 104. The molecule has 0 rings (SSSR count). The quantitative estimate of drug-likeness (QED) is 0.477. The Labute approximate surface area is 72.1 Å². The SMILES string of the molecule is COC(=O)CC(C)N.OCCO. The lowest BCUT2D eigenvalue weighted by Crippen LogP contribution is -2.20. The molecule has 0 heterocycles. The maximum Gasteiger partial charge on any atom is 0.307 e. The lowest BCUT2D eigenvalue weighted by atomic mass is 10.3. The normalized spacial score (nSPS) is 11.1. The number of ether oxygens (including phenoxy) is 1. The molecule has 0 radical (unpaired) electrons. The predicted octanol–water partition coefficient (Wildman–Crippen LogP) is -1.13. The third-order valence-corrected chi connectivity index (χ3v) is 0.816. The molecule has 4 N–H and O–H groups in total. The van der Waals surface area contributed by atoms with Crippen LogP contribution in [0.2, 0.25) is 0 Å². The molecule has 0 aliphatic carbocycles. The number of rotatable bonds is 3. The van der Waals surface area contributed by atoms with E-state index in [1.54, 1.807) is 6.92 Å². The van der Waals surface area contributed by atoms with Crippen molar-refractivity contribution < 1.29 is 19.7 Å². The fourth-order valence-electron chi connectivity index (χ4n) is 0.346. The number of hydrogen-bond donors (Lipinski definition) is 3. The first-order valence-electron chi connectivity index (χ1n) is 3.62. The van der Waals surface area contributed by atoms with Crippen molar-refractivity contribution in [3.05, 3.63) is 0 Å². The summed E-state index contributed by atoms with van der Waals surface area (Å²) in [7, 11) is 1.35.